The predicted octanol–water partition coefficient (Wildman–Crippen LogP) is 2.70. The lowest BCUT2D eigenvalue weighted by atomic mass is 10.0. The van der Waals surface area contributed by atoms with Gasteiger partial charge in [0.15, 0.2) is 0 Å². The molecule has 1 aromatic carbocycles. The average Bonchev–Trinajstić information content (AvgIpc) is 2.91. The zero-order valence-corrected chi connectivity index (χ0v) is 12.7. The van der Waals surface area contributed by atoms with Crippen LogP contribution in [0, 0.1) is 0 Å². The van der Waals surface area contributed by atoms with E-state index in [-0.39, 0.29) is 0 Å². The molecule has 3 rings (SSSR count). The molecule has 3 unspecified atom stereocenters. The Bertz CT molecular complexity index is 423. The van der Waals surface area contributed by atoms with Crippen LogP contribution in [0.3, 0.4) is 0 Å². The van der Waals surface area contributed by atoms with Gasteiger partial charge < -0.3 is 10.5 Å². The first-order valence-corrected chi connectivity index (χ1v) is 7.92. The molecular weight excluding hydrogens is 304 g/mol. The lowest BCUT2D eigenvalue weighted by Gasteiger charge is -2.42. The summed E-state index contributed by atoms with van der Waals surface area (Å²) in [7, 11) is 0. The largest absolute Gasteiger partial charge is 0.375 e. The van der Waals surface area contributed by atoms with Crippen LogP contribution in [-0.2, 0) is 4.74 Å². The van der Waals surface area contributed by atoms with Gasteiger partial charge in [-0.15, -0.1) is 0 Å². The third-order valence-electron chi connectivity index (χ3n) is 4.40. The van der Waals surface area contributed by atoms with E-state index in [2.05, 4.69) is 45.1 Å². The van der Waals surface area contributed by atoms with Gasteiger partial charge in [-0.3, -0.25) is 4.90 Å². The van der Waals surface area contributed by atoms with Gasteiger partial charge in [-0.05, 0) is 37.0 Å². The smallest absolute Gasteiger partial charge is 0.0731 e. The molecule has 1 saturated heterocycles. The Labute approximate surface area is 123 Å². The molecule has 1 heterocycles. The number of morpholine rings is 1. The number of halogens is 1. The molecule has 19 heavy (non-hydrogen) atoms. The first kappa shape index (κ1) is 13.6. The number of nitrogens with zero attached hydrogens (tertiary/aromatic N) is 1. The summed E-state index contributed by atoms with van der Waals surface area (Å²) < 4.78 is 7.01. The molecule has 2 fully saturated rings. The van der Waals surface area contributed by atoms with Crippen LogP contribution in [0.4, 0.5) is 0 Å². The van der Waals surface area contributed by atoms with Crippen molar-refractivity contribution in [2.45, 2.75) is 37.5 Å². The maximum atomic E-state index is 6.06. The summed E-state index contributed by atoms with van der Waals surface area (Å²) >= 11 is 3.49. The second kappa shape index (κ2) is 5.92. The number of hydrogen-bond donors (Lipinski definition) is 1. The van der Waals surface area contributed by atoms with Gasteiger partial charge in [0.2, 0.25) is 0 Å². The molecule has 0 amide bonds. The van der Waals surface area contributed by atoms with Crippen LogP contribution in [-0.4, -0.2) is 36.7 Å². The first-order chi connectivity index (χ1) is 9.29. The van der Waals surface area contributed by atoms with Gasteiger partial charge in [0.1, 0.15) is 0 Å². The van der Waals surface area contributed by atoms with Gasteiger partial charge >= 0.3 is 0 Å². The molecule has 1 saturated carbocycles. The Kier molecular flexibility index (Phi) is 4.22. The topological polar surface area (TPSA) is 38.5 Å². The van der Waals surface area contributed by atoms with Crippen LogP contribution in [0.15, 0.2) is 28.7 Å². The lowest BCUT2D eigenvalue weighted by Crippen LogP contribution is -2.51. The lowest BCUT2D eigenvalue weighted by molar-refractivity contribution is -0.0711. The number of hydrogen-bond acceptors (Lipinski definition) is 3. The van der Waals surface area contributed by atoms with E-state index >= 15 is 0 Å². The number of ether oxygens (including phenoxy) is 1. The molecule has 2 N–H and O–H groups in total. The molecule has 1 aliphatic heterocycles. The van der Waals surface area contributed by atoms with Crippen LogP contribution >= 0.6 is 15.9 Å². The number of nitrogens with two attached hydrogens (primary N) is 1. The minimum atomic E-state index is 0.322. The molecule has 1 aliphatic carbocycles. The van der Waals surface area contributed by atoms with Crippen molar-refractivity contribution in [3.05, 3.63) is 34.3 Å². The molecule has 1 aromatic rings. The van der Waals surface area contributed by atoms with Crippen molar-refractivity contribution in [1.29, 1.82) is 0 Å². The molecule has 0 spiro atoms. The molecule has 0 aromatic heterocycles. The van der Waals surface area contributed by atoms with E-state index in [4.69, 9.17) is 10.5 Å². The third-order valence-corrected chi connectivity index (χ3v) is 4.93. The zero-order chi connectivity index (χ0) is 13.2. The highest BCUT2D eigenvalue weighted by Crippen LogP contribution is 2.35. The minimum absolute atomic E-state index is 0.322. The summed E-state index contributed by atoms with van der Waals surface area (Å²) in [5, 5.41) is 0. The summed E-state index contributed by atoms with van der Waals surface area (Å²) in [5.41, 5.74) is 7.38. The number of benzene rings is 1. The normalized spacial score (nSPS) is 29.2. The van der Waals surface area contributed by atoms with Crippen molar-refractivity contribution in [2.75, 3.05) is 19.7 Å². The molecular formula is C15H21BrN2O. The molecule has 0 radical (unpaired) electrons. The standard InChI is InChI=1S/C15H21BrN2O/c16-12-6-4-11(5-7-12)14(10-17)18-8-9-19-15-3-1-2-13(15)18/h4-7,13-15H,1-3,8-10,17H2. The van der Waals surface area contributed by atoms with Gasteiger partial charge in [-0.2, -0.15) is 0 Å². The highest BCUT2D eigenvalue weighted by molar-refractivity contribution is 9.10. The van der Waals surface area contributed by atoms with Crippen molar-refractivity contribution in [3.63, 3.8) is 0 Å². The Hall–Kier alpha value is -0.420. The summed E-state index contributed by atoms with van der Waals surface area (Å²) in [6.45, 7) is 2.51. The summed E-state index contributed by atoms with van der Waals surface area (Å²) in [4.78, 5) is 2.57. The molecule has 3 atom stereocenters. The van der Waals surface area contributed by atoms with E-state index in [9.17, 15) is 0 Å². The molecule has 104 valence electrons. The van der Waals surface area contributed by atoms with Crippen molar-refractivity contribution >= 4 is 15.9 Å². The SMILES string of the molecule is NCC(c1ccc(Br)cc1)N1CCOC2CCCC21. The van der Waals surface area contributed by atoms with Crippen molar-refractivity contribution in [2.24, 2.45) is 5.73 Å². The fourth-order valence-corrected chi connectivity index (χ4v) is 3.75. The zero-order valence-electron chi connectivity index (χ0n) is 11.1. The third kappa shape index (κ3) is 2.72. The molecule has 4 heteroatoms. The highest BCUT2D eigenvalue weighted by Gasteiger charge is 2.39. The Balaban J connectivity index is 1.82. The van der Waals surface area contributed by atoms with Gasteiger partial charge in [0.25, 0.3) is 0 Å². The van der Waals surface area contributed by atoms with Gasteiger partial charge in [0.05, 0.1) is 12.7 Å². The van der Waals surface area contributed by atoms with Crippen molar-refractivity contribution < 1.29 is 4.74 Å². The molecule has 0 bridgehead atoms. The van der Waals surface area contributed by atoms with Gasteiger partial charge in [-0.25, -0.2) is 0 Å². The summed E-state index contributed by atoms with van der Waals surface area (Å²) in [6, 6.07) is 9.45. The molecule has 3 nitrogen and oxygen atoms in total. The van der Waals surface area contributed by atoms with Crippen LogP contribution in [0.1, 0.15) is 30.9 Å². The Morgan fingerprint density at radius 2 is 2.11 bits per heavy atom. The van der Waals surface area contributed by atoms with E-state index < -0.39 is 0 Å². The van der Waals surface area contributed by atoms with E-state index in [1.807, 2.05) is 0 Å². The van der Waals surface area contributed by atoms with Crippen LogP contribution in [0.5, 0.6) is 0 Å². The second-order valence-electron chi connectivity index (χ2n) is 5.45. The Morgan fingerprint density at radius 1 is 1.32 bits per heavy atom. The van der Waals surface area contributed by atoms with E-state index in [0.717, 1.165) is 17.6 Å². The maximum absolute atomic E-state index is 6.06. The molecule has 2 aliphatic rings. The summed E-state index contributed by atoms with van der Waals surface area (Å²) in [5.74, 6) is 0. The maximum Gasteiger partial charge on any atom is 0.0731 e. The van der Waals surface area contributed by atoms with Gasteiger partial charge in [0, 0.05) is 29.6 Å². The van der Waals surface area contributed by atoms with Crippen LogP contribution < -0.4 is 5.73 Å². The quantitative estimate of drug-likeness (QED) is 0.929. The average molecular weight is 325 g/mol. The second-order valence-corrected chi connectivity index (χ2v) is 6.36. The minimum Gasteiger partial charge on any atom is -0.375 e. The number of rotatable bonds is 3. The van der Waals surface area contributed by atoms with Crippen molar-refractivity contribution in [3.8, 4) is 0 Å². The Morgan fingerprint density at radius 3 is 2.84 bits per heavy atom. The first-order valence-electron chi connectivity index (χ1n) is 7.12. The predicted molar refractivity (Wildman–Crippen MR) is 80.0 cm³/mol. The number of fused-ring (bicyclic) bond motifs is 1. The fourth-order valence-electron chi connectivity index (χ4n) is 3.49. The van der Waals surface area contributed by atoms with Crippen LogP contribution in [0.2, 0.25) is 0 Å². The highest BCUT2D eigenvalue weighted by atomic mass is 79.9. The van der Waals surface area contributed by atoms with E-state index in [1.165, 1.54) is 24.8 Å². The van der Waals surface area contributed by atoms with Crippen LogP contribution in [0.25, 0.3) is 0 Å². The monoisotopic (exact) mass is 324 g/mol. The fraction of sp³-hybridized carbons (Fsp3) is 0.600. The van der Waals surface area contributed by atoms with Crippen molar-refractivity contribution in [1.82, 2.24) is 4.90 Å². The van der Waals surface area contributed by atoms with E-state index in [0.29, 0.717) is 24.7 Å². The van der Waals surface area contributed by atoms with Gasteiger partial charge in [-0.1, -0.05) is 28.1 Å². The summed E-state index contributed by atoms with van der Waals surface area (Å²) in [6.07, 6.45) is 4.16. The van der Waals surface area contributed by atoms with E-state index in [1.54, 1.807) is 0 Å².